The maximum Gasteiger partial charge on any atom is 0.315 e. The fraction of sp³-hybridized carbons (Fsp3) is 0.333. The Morgan fingerprint density at radius 3 is 2.68 bits per heavy atom. The summed E-state index contributed by atoms with van der Waals surface area (Å²) in [5, 5.41) is 5.70. The zero-order valence-corrected chi connectivity index (χ0v) is 16.1. The van der Waals surface area contributed by atoms with Crippen molar-refractivity contribution >= 4 is 17.6 Å². The molecule has 0 saturated carbocycles. The summed E-state index contributed by atoms with van der Waals surface area (Å²) in [6.07, 6.45) is 0.291. The standard InChI is InChI=1S/C21H25N3O4/c1-3-28-19-11-15(9-10-18(19)27-2)13-22-21(26)23-16-12-20(25)24(14-16)17-7-5-4-6-8-17/h4-11,16H,3,12-14H2,1-2H3,(H2,22,23,26)/t16-/m0/s1. The topological polar surface area (TPSA) is 79.9 Å². The van der Waals surface area contributed by atoms with Crippen molar-refractivity contribution in [1.29, 1.82) is 0 Å². The zero-order chi connectivity index (χ0) is 19.9. The quantitative estimate of drug-likeness (QED) is 0.770. The third kappa shape index (κ3) is 4.73. The molecule has 2 aromatic rings. The maximum atomic E-state index is 12.2. The molecular weight excluding hydrogens is 358 g/mol. The highest BCUT2D eigenvalue weighted by atomic mass is 16.5. The van der Waals surface area contributed by atoms with Crippen LogP contribution in [0, 0.1) is 0 Å². The highest BCUT2D eigenvalue weighted by Crippen LogP contribution is 2.28. The van der Waals surface area contributed by atoms with Gasteiger partial charge in [-0.25, -0.2) is 4.79 Å². The number of benzene rings is 2. The lowest BCUT2D eigenvalue weighted by molar-refractivity contribution is -0.117. The van der Waals surface area contributed by atoms with E-state index in [-0.39, 0.29) is 18.0 Å². The molecule has 0 spiro atoms. The maximum absolute atomic E-state index is 12.2. The number of nitrogens with zero attached hydrogens (tertiary/aromatic N) is 1. The molecule has 2 aromatic carbocycles. The summed E-state index contributed by atoms with van der Waals surface area (Å²) in [5.74, 6) is 1.30. The van der Waals surface area contributed by atoms with Crippen molar-refractivity contribution in [1.82, 2.24) is 10.6 Å². The van der Waals surface area contributed by atoms with Gasteiger partial charge in [-0.2, -0.15) is 0 Å². The van der Waals surface area contributed by atoms with Crippen LogP contribution < -0.4 is 25.0 Å². The molecule has 0 aliphatic carbocycles. The highest BCUT2D eigenvalue weighted by molar-refractivity contribution is 5.96. The van der Waals surface area contributed by atoms with E-state index in [0.29, 0.717) is 37.6 Å². The van der Waals surface area contributed by atoms with Crippen molar-refractivity contribution < 1.29 is 19.1 Å². The van der Waals surface area contributed by atoms with Crippen LogP contribution in [0.5, 0.6) is 11.5 Å². The fourth-order valence-corrected chi connectivity index (χ4v) is 3.18. The van der Waals surface area contributed by atoms with Gasteiger partial charge in [0.05, 0.1) is 19.8 Å². The van der Waals surface area contributed by atoms with Gasteiger partial charge in [0.25, 0.3) is 0 Å². The molecule has 0 bridgehead atoms. The lowest BCUT2D eigenvalue weighted by Crippen LogP contribution is -2.43. The first-order chi connectivity index (χ1) is 13.6. The average molecular weight is 383 g/mol. The number of urea groups is 1. The summed E-state index contributed by atoms with van der Waals surface area (Å²) in [6.45, 7) is 3.24. The van der Waals surface area contributed by atoms with Crippen molar-refractivity contribution in [3.63, 3.8) is 0 Å². The first kappa shape index (κ1) is 19.5. The third-order valence-electron chi connectivity index (χ3n) is 4.51. The Balaban J connectivity index is 1.52. The predicted octanol–water partition coefficient (Wildman–Crippen LogP) is 2.70. The van der Waals surface area contributed by atoms with E-state index in [1.807, 2.05) is 55.5 Å². The van der Waals surface area contributed by atoms with E-state index in [4.69, 9.17) is 9.47 Å². The van der Waals surface area contributed by atoms with Gasteiger partial charge < -0.3 is 25.0 Å². The number of amides is 3. The van der Waals surface area contributed by atoms with Crippen LogP contribution in [-0.2, 0) is 11.3 Å². The van der Waals surface area contributed by atoms with E-state index in [1.54, 1.807) is 12.0 Å². The van der Waals surface area contributed by atoms with Gasteiger partial charge in [-0.1, -0.05) is 24.3 Å². The number of hydrogen-bond donors (Lipinski definition) is 2. The molecule has 28 heavy (non-hydrogen) atoms. The van der Waals surface area contributed by atoms with Gasteiger partial charge >= 0.3 is 6.03 Å². The van der Waals surface area contributed by atoms with E-state index in [0.717, 1.165) is 11.3 Å². The summed E-state index contributed by atoms with van der Waals surface area (Å²) >= 11 is 0. The second-order valence-electron chi connectivity index (χ2n) is 6.49. The molecule has 1 atom stereocenters. The van der Waals surface area contributed by atoms with Crippen molar-refractivity contribution in [2.75, 3.05) is 25.2 Å². The monoisotopic (exact) mass is 383 g/mol. The summed E-state index contributed by atoms with van der Waals surface area (Å²) in [7, 11) is 1.59. The minimum Gasteiger partial charge on any atom is -0.493 e. The fourth-order valence-electron chi connectivity index (χ4n) is 3.18. The second-order valence-corrected chi connectivity index (χ2v) is 6.49. The molecule has 3 rings (SSSR count). The Kier molecular flexibility index (Phi) is 6.37. The lowest BCUT2D eigenvalue weighted by Gasteiger charge is -2.17. The number of anilines is 1. The van der Waals surface area contributed by atoms with Crippen molar-refractivity contribution in [2.24, 2.45) is 0 Å². The number of para-hydroxylation sites is 1. The normalized spacial score (nSPS) is 16.0. The van der Waals surface area contributed by atoms with Gasteiger partial charge in [0.1, 0.15) is 0 Å². The van der Waals surface area contributed by atoms with Gasteiger partial charge in [0.2, 0.25) is 5.91 Å². The number of rotatable bonds is 7. The van der Waals surface area contributed by atoms with Crippen LogP contribution in [0.4, 0.5) is 10.5 Å². The minimum absolute atomic E-state index is 0.00742. The summed E-state index contributed by atoms with van der Waals surface area (Å²) in [5.41, 5.74) is 1.74. The number of methoxy groups -OCH3 is 1. The van der Waals surface area contributed by atoms with Crippen LogP contribution in [0.3, 0.4) is 0 Å². The minimum atomic E-state index is -0.304. The van der Waals surface area contributed by atoms with Crippen molar-refractivity contribution in [2.45, 2.75) is 25.9 Å². The smallest absolute Gasteiger partial charge is 0.315 e. The van der Waals surface area contributed by atoms with Crippen LogP contribution in [0.1, 0.15) is 18.9 Å². The van der Waals surface area contributed by atoms with Crippen LogP contribution in [0.15, 0.2) is 48.5 Å². The largest absolute Gasteiger partial charge is 0.493 e. The van der Waals surface area contributed by atoms with Gasteiger partial charge in [-0.05, 0) is 36.8 Å². The molecule has 7 nitrogen and oxygen atoms in total. The highest BCUT2D eigenvalue weighted by Gasteiger charge is 2.31. The van der Waals surface area contributed by atoms with E-state index in [9.17, 15) is 9.59 Å². The summed E-state index contributed by atoms with van der Waals surface area (Å²) in [4.78, 5) is 26.2. The molecule has 1 saturated heterocycles. The van der Waals surface area contributed by atoms with Crippen LogP contribution in [0.2, 0.25) is 0 Å². The number of hydrogen-bond acceptors (Lipinski definition) is 4. The van der Waals surface area contributed by atoms with E-state index < -0.39 is 0 Å². The Morgan fingerprint density at radius 1 is 1.18 bits per heavy atom. The number of carbonyl (C=O) groups is 2. The second kappa shape index (κ2) is 9.12. The number of nitrogens with one attached hydrogen (secondary N) is 2. The molecule has 0 radical (unpaired) electrons. The first-order valence-electron chi connectivity index (χ1n) is 9.30. The predicted molar refractivity (Wildman–Crippen MR) is 107 cm³/mol. The summed E-state index contributed by atoms with van der Waals surface area (Å²) in [6, 6.07) is 14.5. The first-order valence-corrected chi connectivity index (χ1v) is 9.30. The van der Waals surface area contributed by atoms with Crippen molar-refractivity contribution in [3.8, 4) is 11.5 Å². The molecule has 1 aliphatic rings. The number of ether oxygens (including phenoxy) is 2. The molecule has 1 heterocycles. The van der Waals surface area contributed by atoms with Gasteiger partial charge in [-0.15, -0.1) is 0 Å². The summed E-state index contributed by atoms with van der Waals surface area (Å²) < 4.78 is 10.8. The lowest BCUT2D eigenvalue weighted by atomic mass is 10.2. The van der Waals surface area contributed by atoms with E-state index in [2.05, 4.69) is 10.6 Å². The number of carbonyl (C=O) groups excluding carboxylic acids is 2. The van der Waals surface area contributed by atoms with Gasteiger partial charge in [-0.3, -0.25) is 4.79 Å². The molecule has 0 aromatic heterocycles. The van der Waals surface area contributed by atoms with Gasteiger partial charge in [0.15, 0.2) is 11.5 Å². The Bertz CT molecular complexity index is 826. The molecule has 148 valence electrons. The molecule has 2 N–H and O–H groups in total. The van der Waals surface area contributed by atoms with Crippen molar-refractivity contribution in [3.05, 3.63) is 54.1 Å². The van der Waals surface area contributed by atoms with E-state index >= 15 is 0 Å². The third-order valence-corrected chi connectivity index (χ3v) is 4.51. The Labute approximate surface area is 164 Å². The zero-order valence-electron chi connectivity index (χ0n) is 16.1. The van der Waals surface area contributed by atoms with Crippen LogP contribution in [-0.4, -0.2) is 38.2 Å². The molecule has 1 fully saturated rings. The Morgan fingerprint density at radius 2 is 1.96 bits per heavy atom. The molecule has 3 amide bonds. The Hall–Kier alpha value is -3.22. The SMILES string of the molecule is CCOc1cc(CNC(=O)N[C@H]2CC(=O)N(c3ccccc3)C2)ccc1OC. The molecule has 7 heteroatoms. The molecule has 0 unspecified atom stereocenters. The average Bonchev–Trinajstić information content (AvgIpc) is 3.07. The molecule has 1 aliphatic heterocycles. The van der Waals surface area contributed by atoms with Crippen LogP contribution >= 0.6 is 0 Å². The van der Waals surface area contributed by atoms with Gasteiger partial charge in [0, 0.05) is 25.2 Å². The van der Waals surface area contributed by atoms with E-state index in [1.165, 1.54) is 0 Å². The van der Waals surface area contributed by atoms with Crippen LogP contribution in [0.25, 0.3) is 0 Å². The molecular formula is C21H25N3O4.